The molecule has 1 amide bonds. The minimum absolute atomic E-state index is 0.0838. The van der Waals surface area contributed by atoms with Gasteiger partial charge in [-0.05, 0) is 39.4 Å². The summed E-state index contributed by atoms with van der Waals surface area (Å²) in [7, 11) is 0. The van der Waals surface area contributed by atoms with Crippen molar-refractivity contribution in [3.8, 4) is 6.07 Å². The lowest BCUT2D eigenvalue weighted by atomic mass is 9.97. The van der Waals surface area contributed by atoms with Crippen LogP contribution < -0.4 is 5.32 Å². The maximum atomic E-state index is 12.0. The highest BCUT2D eigenvalue weighted by Crippen LogP contribution is 2.33. The predicted molar refractivity (Wildman–Crippen MR) is 80.0 cm³/mol. The van der Waals surface area contributed by atoms with Crippen molar-refractivity contribution >= 4 is 17.7 Å². The molecule has 0 aromatic rings. The Labute approximate surface area is 120 Å². The Morgan fingerprint density at radius 3 is 2.47 bits per heavy atom. The molecule has 0 aromatic heterocycles. The van der Waals surface area contributed by atoms with Gasteiger partial charge in [0, 0.05) is 18.6 Å². The molecule has 0 unspecified atom stereocenters. The van der Waals surface area contributed by atoms with Gasteiger partial charge < -0.3 is 5.32 Å². The fraction of sp³-hybridized carbons (Fsp3) is 0.857. The van der Waals surface area contributed by atoms with E-state index < -0.39 is 0 Å². The van der Waals surface area contributed by atoms with E-state index in [2.05, 4.69) is 23.2 Å². The first-order valence-electron chi connectivity index (χ1n) is 6.86. The number of likely N-dealkylation sites (tertiary alicyclic amines) is 1. The molecule has 5 heteroatoms. The molecule has 0 aliphatic carbocycles. The van der Waals surface area contributed by atoms with Gasteiger partial charge in [0.1, 0.15) is 4.75 Å². The molecule has 1 saturated heterocycles. The zero-order valence-electron chi connectivity index (χ0n) is 12.5. The van der Waals surface area contributed by atoms with E-state index in [1.807, 2.05) is 20.1 Å². The van der Waals surface area contributed by atoms with E-state index in [0.717, 1.165) is 32.4 Å². The van der Waals surface area contributed by atoms with Crippen LogP contribution in [0.1, 0.15) is 40.0 Å². The number of nitrogens with one attached hydrogen (secondary N) is 1. The monoisotopic (exact) mass is 283 g/mol. The number of piperidine rings is 1. The number of hydrogen-bond acceptors (Lipinski definition) is 4. The second kappa shape index (κ2) is 6.62. The van der Waals surface area contributed by atoms with Crippen molar-refractivity contribution < 1.29 is 4.79 Å². The van der Waals surface area contributed by atoms with Crippen LogP contribution in [-0.2, 0) is 4.79 Å². The van der Waals surface area contributed by atoms with Crippen LogP contribution in [0.3, 0.4) is 0 Å². The third kappa shape index (κ3) is 4.70. The molecule has 4 nitrogen and oxygen atoms in total. The average molecular weight is 283 g/mol. The van der Waals surface area contributed by atoms with Crippen LogP contribution >= 0.6 is 11.8 Å². The fourth-order valence-corrected chi connectivity index (χ4v) is 2.82. The van der Waals surface area contributed by atoms with Gasteiger partial charge in [-0.2, -0.15) is 5.26 Å². The van der Waals surface area contributed by atoms with Crippen LogP contribution in [0.25, 0.3) is 0 Å². The lowest BCUT2D eigenvalue weighted by molar-refractivity contribution is -0.124. The van der Waals surface area contributed by atoms with Crippen molar-refractivity contribution in [2.24, 2.45) is 0 Å². The fourth-order valence-electron chi connectivity index (χ4n) is 2.14. The number of hydrogen-bond donors (Lipinski definition) is 1. The van der Waals surface area contributed by atoms with Gasteiger partial charge >= 0.3 is 0 Å². The molecule has 1 aliphatic rings. The molecular weight excluding hydrogens is 258 g/mol. The summed E-state index contributed by atoms with van der Waals surface area (Å²) in [5.41, 5.74) is -0.136. The minimum atomic E-state index is -0.240. The zero-order chi connectivity index (χ0) is 14.5. The van der Waals surface area contributed by atoms with E-state index in [9.17, 15) is 10.1 Å². The van der Waals surface area contributed by atoms with Gasteiger partial charge in [-0.1, -0.05) is 6.92 Å². The van der Waals surface area contributed by atoms with E-state index in [1.165, 1.54) is 0 Å². The lowest BCUT2D eigenvalue weighted by Gasteiger charge is -2.36. The molecule has 0 atom stereocenters. The summed E-state index contributed by atoms with van der Waals surface area (Å²) in [6, 6.07) is 2.42. The topological polar surface area (TPSA) is 56.1 Å². The van der Waals surface area contributed by atoms with E-state index in [-0.39, 0.29) is 16.2 Å². The summed E-state index contributed by atoms with van der Waals surface area (Å²) < 4.78 is -0.240. The Balaban J connectivity index is 2.42. The summed E-state index contributed by atoms with van der Waals surface area (Å²) in [4.78, 5) is 14.1. The first kappa shape index (κ1) is 16.3. The Morgan fingerprint density at radius 1 is 1.47 bits per heavy atom. The molecule has 108 valence electrons. The molecule has 1 aliphatic heterocycles. The summed E-state index contributed by atoms with van der Waals surface area (Å²) in [5, 5.41) is 12.3. The summed E-state index contributed by atoms with van der Waals surface area (Å²) in [5.74, 6) is 0.0838. The molecule has 0 aromatic carbocycles. The summed E-state index contributed by atoms with van der Waals surface area (Å²) in [6.45, 7) is 8.24. The first-order chi connectivity index (χ1) is 8.86. The van der Waals surface area contributed by atoms with Gasteiger partial charge in [0.2, 0.25) is 5.91 Å². The highest BCUT2D eigenvalue weighted by Gasteiger charge is 2.34. The predicted octanol–water partition coefficient (Wildman–Crippen LogP) is 2.01. The first-order valence-corrected chi connectivity index (χ1v) is 8.08. The van der Waals surface area contributed by atoms with Crippen molar-refractivity contribution in [1.82, 2.24) is 10.2 Å². The smallest absolute Gasteiger partial charge is 0.234 e. The maximum Gasteiger partial charge on any atom is 0.234 e. The van der Waals surface area contributed by atoms with Gasteiger partial charge in [0.25, 0.3) is 0 Å². The highest BCUT2D eigenvalue weighted by molar-refractivity contribution is 8.00. The van der Waals surface area contributed by atoms with Crippen LogP contribution in [-0.4, -0.2) is 47.0 Å². The number of thioether (sulfide) groups is 1. The number of amides is 1. The molecule has 1 fully saturated rings. The molecule has 1 N–H and O–H groups in total. The highest BCUT2D eigenvalue weighted by atomic mass is 32.2. The Bertz CT molecular complexity index is 354. The Kier molecular flexibility index (Phi) is 5.69. The Hall–Kier alpha value is -0.730. The second-order valence-electron chi connectivity index (χ2n) is 5.87. The van der Waals surface area contributed by atoms with Gasteiger partial charge in [0.05, 0.1) is 12.6 Å². The SMILES string of the molecule is CCC(C)(C)NC(=O)CN1CCC(C#N)(SC)CC1. The number of carbonyl (C=O) groups excluding carboxylic acids is 1. The van der Waals surface area contributed by atoms with Gasteiger partial charge in [0.15, 0.2) is 0 Å². The molecule has 19 heavy (non-hydrogen) atoms. The molecule has 0 bridgehead atoms. The molecule has 1 rings (SSSR count). The van der Waals surface area contributed by atoms with Gasteiger partial charge in [-0.15, -0.1) is 11.8 Å². The number of carbonyl (C=O) groups is 1. The third-order valence-corrected chi connectivity index (χ3v) is 5.27. The number of rotatable bonds is 5. The average Bonchev–Trinajstić information content (AvgIpc) is 2.39. The van der Waals surface area contributed by atoms with Crippen molar-refractivity contribution in [2.45, 2.75) is 50.3 Å². The van der Waals surface area contributed by atoms with E-state index in [1.54, 1.807) is 11.8 Å². The number of nitrogens with zero attached hydrogens (tertiary/aromatic N) is 2. The largest absolute Gasteiger partial charge is 0.350 e. The standard InChI is InChI=1S/C14H25N3OS/c1-5-13(2,3)16-12(18)10-17-8-6-14(11-15,19-4)7-9-17/h5-10H2,1-4H3,(H,16,18). The quantitative estimate of drug-likeness (QED) is 0.838. The normalized spacial score (nSPS) is 19.7. The van der Waals surface area contributed by atoms with Crippen molar-refractivity contribution in [1.29, 1.82) is 5.26 Å². The maximum absolute atomic E-state index is 12.0. The minimum Gasteiger partial charge on any atom is -0.350 e. The molecule has 1 heterocycles. The third-order valence-electron chi connectivity index (χ3n) is 3.99. The molecule has 0 radical (unpaired) electrons. The van der Waals surface area contributed by atoms with Crippen LogP contribution in [0.15, 0.2) is 0 Å². The summed E-state index contributed by atoms with van der Waals surface area (Å²) >= 11 is 1.64. The summed E-state index contributed by atoms with van der Waals surface area (Å²) in [6.07, 6.45) is 4.60. The zero-order valence-corrected chi connectivity index (χ0v) is 13.3. The Morgan fingerprint density at radius 2 is 2.05 bits per heavy atom. The van der Waals surface area contributed by atoms with Crippen molar-refractivity contribution in [2.75, 3.05) is 25.9 Å². The van der Waals surface area contributed by atoms with Crippen molar-refractivity contribution in [3.63, 3.8) is 0 Å². The molecular formula is C14H25N3OS. The van der Waals surface area contributed by atoms with Crippen LogP contribution in [0, 0.1) is 11.3 Å². The van der Waals surface area contributed by atoms with Crippen molar-refractivity contribution in [3.05, 3.63) is 0 Å². The molecule has 0 spiro atoms. The second-order valence-corrected chi connectivity index (χ2v) is 7.06. The van der Waals surface area contributed by atoms with Crippen LogP contribution in [0.4, 0.5) is 0 Å². The number of nitriles is 1. The van der Waals surface area contributed by atoms with E-state index >= 15 is 0 Å². The molecule has 0 saturated carbocycles. The van der Waals surface area contributed by atoms with E-state index in [0.29, 0.717) is 6.54 Å². The van der Waals surface area contributed by atoms with Crippen LogP contribution in [0.2, 0.25) is 0 Å². The van der Waals surface area contributed by atoms with Crippen LogP contribution in [0.5, 0.6) is 0 Å². The van der Waals surface area contributed by atoms with Gasteiger partial charge in [-0.3, -0.25) is 9.69 Å². The van der Waals surface area contributed by atoms with Gasteiger partial charge in [-0.25, -0.2) is 0 Å². The van der Waals surface area contributed by atoms with E-state index in [4.69, 9.17) is 0 Å². The lowest BCUT2D eigenvalue weighted by Crippen LogP contribution is -2.50.